The van der Waals surface area contributed by atoms with Gasteiger partial charge < -0.3 is 16.0 Å². The molecule has 2 aromatic rings. The number of rotatable bonds is 4. The van der Waals surface area contributed by atoms with Gasteiger partial charge in [0.15, 0.2) is 0 Å². The minimum Gasteiger partial charge on any atom is -0.349 e. The van der Waals surface area contributed by atoms with Crippen LogP contribution in [0.5, 0.6) is 0 Å². The van der Waals surface area contributed by atoms with Crippen molar-refractivity contribution in [2.24, 2.45) is 23.5 Å². The van der Waals surface area contributed by atoms with Gasteiger partial charge in [0, 0.05) is 42.9 Å². The van der Waals surface area contributed by atoms with Crippen LogP contribution in [-0.4, -0.2) is 46.9 Å². The van der Waals surface area contributed by atoms with Crippen molar-refractivity contribution < 1.29 is 14.0 Å². The van der Waals surface area contributed by atoms with Gasteiger partial charge in [-0.1, -0.05) is 12.1 Å². The molecular weight excluding hydrogens is 395 g/mol. The van der Waals surface area contributed by atoms with Crippen LogP contribution >= 0.6 is 0 Å². The molecule has 0 spiro atoms. The third kappa shape index (κ3) is 4.06. The molecule has 1 aromatic heterocycles. The first-order valence-corrected chi connectivity index (χ1v) is 11.1. The highest BCUT2D eigenvalue weighted by Crippen LogP contribution is 2.44. The van der Waals surface area contributed by atoms with Crippen LogP contribution in [0.15, 0.2) is 42.6 Å². The largest absolute Gasteiger partial charge is 0.349 e. The number of benzene rings is 1. The maximum atomic E-state index is 13.4. The zero-order valence-corrected chi connectivity index (χ0v) is 17.3. The topological polar surface area (TPSA) is 88.3 Å². The van der Waals surface area contributed by atoms with Crippen molar-refractivity contribution in [2.75, 3.05) is 13.1 Å². The third-order valence-corrected chi connectivity index (χ3v) is 7.13. The zero-order valence-electron chi connectivity index (χ0n) is 17.3. The van der Waals surface area contributed by atoms with Gasteiger partial charge >= 0.3 is 0 Å². The van der Waals surface area contributed by atoms with E-state index in [0.29, 0.717) is 34.7 Å². The summed E-state index contributed by atoms with van der Waals surface area (Å²) in [4.78, 5) is 31.7. The minimum atomic E-state index is -0.319. The number of nitrogens with one attached hydrogen (secondary N) is 1. The van der Waals surface area contributed by atoms with Crippen molar-refractivity contribution in [3.05, 3.63) is 54.0 Å². The zero-order chi connectivity index (χ0) is 21.5. The molecule has 6 nitrogen and oxygen atoms in total. The smallest absolute Gasteiger partial charge is 0.253 e. The van der Waals surface area contributed by atoms with Gasteiger partial charge in [-0.15, -0.1) is 0 Å². The molecule has 31 heavy (non-hydrogen) atoms. The Morgan fingerprint density at radius 2 is 1.81 bits per heavy atom. The van der Waals surface area contributed by atoms with Crippen molar-refractivity contribution in [3.8, 4) is 11.3 Å². The van der Waals surface area contributed by atoms with Gasteiger partial charge in [-0.25, -0.2) is 4.39 Å². The summed E-state index contributed by atoms with van der Waals surface area (Å²) in [5.41, 5.74) is 7.74. The normalized spacial score (nSPS) is 29.4. The monoisotopic (exact) mass is 422 g/mol. The van der Waals surface area contributed by atoms with Crippen LogP contribution in [0.3, 0.4) is 0 Å². The number of fused-ring (bicyclic) bond motifs is 1. The lowest BCUT2D eigenvalue weighted by Crippen LogP contribution is -2.43. The van der Waals surface area contributed by atoms with E-state index < -0.39 is 0 Å². The van der Waals surface area contributed by atoms with Gasteiger partial charge in [-0.2, -0.15) is 0 Å². The van der Waals surface area contributed by atoms with Crippen molar-refractivity contribution >= 4 is 11.8 Å². The predicted octanol–water partition coefficient (Wildman–Crippen LogP) is 2.59. The van der Waals surface area contributed by atoms with E-state index in [1.165, 1.54) is 18.3 Å². The summed E-state index contributed by atoms with van der Waals surface area (Å²) >= 11 is 0. The van der Waals surface area contributed by atoms with E-state index in [1.54, 1.807) is 24.3 Å². The third-order valence-electron chi connectivity index (χ3n) is 7.13. The Hall–Kier alpha value is -2.80. The number of halogens is 1. The fraction of sp³-hybridized carbons (Fsp3) is 0.458. The molecule has 3 fully saturated rings. The minimum absolute atomic E-state index is 0.0640. The first kappa shape index (κ1) is 20.1. The van der Waals surface area contributed by atoms with E-state index in [0.717, 1.165) is 38.8 Å². The fourth-order valence-electron chi connectivity index (χ4n) is 5.11. The lowest BCUT2D eigenvalue weighted by molar-refractivity contribution is -0.136. The number of hydrogen-bond acceptors (Lipinski definition) is 4. The first-order valence-electron chi connectivity index (χ1n) is 11.1. The average Bonchev–Trinajstić information content (AvgIpc) is 3.19. The first-order chi connectivity index (χ1) is 15.0. The molecule has 2 saturated carbocycles. The number of piperidine rings is 1. The van der Waals surface area contributed by atoms with E-state index in [9.17, 15) is 14.0 Å². The lowest BCUT2D eigenvalue weighted by atomic mass is 9.85. The summed E-state index contributed by atoms with van der Waals surface area (Å²) in [6.07, 6.45) is 4.74. The molecule has 162 valence electrons. The molecule has 0 radical (unpaired) electrons. The van der Waals surface area contributed by atoms with Crippen molar-refractivity contribution in [1.82, 2.24) is 15.2 Å². The van der Waals surface area contributed by atoms with Crippen LogP contribution < -0.4 is 11.1 Å². The SMILES string of the molecule is N[C@@H]1[C@H]2CN(C(=O)[C@H]3CC[C@H](NC(=O)c4ccc(-c5cccc(F)c5)nc4)CC3)C[C@@H]12. The Labute approximate surface area is 181 Å². The highest BCUT2D eigenvalue weighted by molar-refractivity contribution is 5.94. The molecule has 2 amide bonds. The van der Waals surface area contributed by atoms with E-state index in [4.69, 9.17) is 5.73 Å². The number of nitrogens with zero attached hydrogens (tertiary/aromatic N) is 2. The maximum absolute atomic E-state index is 13.4. The number of amides is 2. The molecule has 1 saturated heterocycles. The second-order valence-electron chi connectivity index (χ2n) is 9.11. The summed E-state index contributed by atoms with van der Waals surface area (Å²) in [7, 11) is 0. The average molecular weight is 423 g/mol. The standard InChI is InChI=1S/C24H27FN4O2/c25-17-3-1-2-15(10-17)21-9-6-16(11-27-21)23(30)28-18-7-4-14(5-8-18)24(31)29-12-19-20(13-29)22(19)26/h1-3,6,9-11,14,18-20,22H,4-5,7-8,12-13,26H2,(H,28,30)/t14-,18-,19-,20+,22+. The summed E-state index contributed by atoms with van der Waals surface area (Å²) in [6.45, 7) is 1.64. The summed E-state index contributed by atoms with van der Waals surface area (Å²) in [5.74, 6) is 0.874. The Bertz CT molecular complexity index is 975. The Morgan fingerprint density at radius 3 is 2.45 bits per heavy atom. The van der Waals surface area contributed by atoms with E-state index in [-0.39, 0.29) is 29.6 Å². The van der Waals surface area contributed by atoms with Crippen LogP contribution in [0.4, 0.5) is 4.39 Å². The number of carbonyl (C=O) groups excluding carboxylic acids is 2. The summed E-state index contributed by atoms with van der Waals surface area (Å²) in [6, 6.07) is 10.0. The Morgan fingerprint density at radius 1 is 1.06 bits per heavy atom. The van der Waals surface area contributed by atoms with Crippen LogP contribution in [0.1, 0.15) is 36.0 Å². The number of carbonyl (C=O) groups is 2. The molecule has 3 N–H and O–H groups in total. The molecule has 7 heteroatoms. The molecule has 3 atom stereocenters. The van der Waals surface area contributed by atoms with Gasteiger partial charge in [-0.05, 0) is 61.8 Å². The van der Waals surface area contributed by atoms with Gasteiger partial charge in [0.2, 0.25) is 5.91 Å². The molecule has 1 aromatic carbocycles. The van der Waals surface area contributed by atoms with Gasteiger partial charge in [0.25, 0.3) is 5.91 Å². The van der Waals surface area contributed by atoms with E-state index in [2.05, 4.69) is 10.3 Å². The molecule has 3 aliphatic rings. The molecule has 5 rings (SSSR count). The molecule has 0 bridgehead atoms. The molecule has 2 aliphatic carbocycles. The van der Waals surface area contributed by atoms with Gasteiger partial charge in [0.05, 0.1) is 11.3 Å². The Kier molecular flexibility index (Phi) is 5.22. The summed E-state index contributed by atoms with van der Waals surface area (Å²) in [5, 5.41) is 3.07. The van der Waals surface area contributed by atoms with Crippen LogP contribution in [0.25, 0.3) is 11.3 Å². The lowest BCUT2D eigenvalue weighted by Gasteiger charge is -2.31. The Balaban J connectivity index is 1.12. The summed E-state index contributed by atoms with van der Waals surface area (Å²) < 4.78 is 13.4. The predicted molar refractivity (Wildman–Crippen MR) is 114 cm³/mol. The number of aromatic nitrogens is 1. The van der Waals surface area contributed by atoms with E-state index in [1.807, 2.05) is 4.90 Å². The quantitative estimate of drug-likeness (QED) is 0.793. The van der Waals surface area contributed by atoms with Crippen molar-refractivity contribution in [3.63, 3.8) is 0 Å². The van der Waals surface area contributed by atoms with Gasteiger partial charge in [0.1, 0.15) is 5.82 Å². The number of nitrogens with two attached hydrogens (primary N) is 1. The highest BCUT2D eigenvalue weighted by atomic mass is 19.1. The van der Waals surface area contributed by atoms with E-state index >= 15 is 0 Å². The second kappa shape index (κ2) is 8.04. The fourth-order valence-corrected chi connectivity index (χ4v) is 5.11. The number of hydrogen-bond donors (Lipinski definition) is 2. The van der Waals surface area contributed by atoms with Gasteiger partial charge in [-0.3, -0.25) is 14.6 Å². The maximum Gasteiger partial charge on any atom is 0.253 e. The van der Waals surface area contributed by atoms with Crippen molar-refractivity contribution in [1.29, 1.82) is 0 Å². The molecule has 1 aliphatic heterocycles. The molecular formula is C24H27FN4O2. The molecule has 0 unspecified atom stereocenters. The number of pyridine rings is 1. The van der Waals surface area contributed by atoms with Crippen LogP contribution in [0, 0.1) is 23.6 Å². The second-order valence-corrected chi connectivity index (χ2v) is 9.11. The van der Waals surface area contributed by atoms with Crippen LogP contribution in [-0.2, 0) is 4.79 Å². The highest BCUT2D eigenvalue weighted by Gasteiger charge is 2.55. The molecule has 2 heterocycles. The number of likely N-dealkylation sites (tertiary alicyclic amines) is 1. The van der Waals surface area contributed by atoms with Crippen LogP contribution in [0.2, 0.25) is 0 Å². The van der Waals surface area contributed by atoms with Crippen molar-refractivity contribution in [2.45, 2.75) is 37.8 Å².